The van der Waals surface area contributed by atoms with E-state index in [1.165, 1.54) is 22.9 Å². The number of nitrogens with zero attached hydrogens (tertiary/aromatic N) is 2. The van der Waals surface area contributed by atoms with Gasteiger partial charge in [-0.2, -0.15) is 5.10 Å². The summed E-state index contributed by atoms with van der Waals surface area (Å²) < 4.78 is 1.28. The fraction of sp³-hybridized carbons (Fsp3) is 0. The van der Waals surface area contributed by atoms with Crippen LogP contribution < -0.4 is 0 Å². The second kappa shape index (κ2) is 3.86. The van der Waals surface area contributed by atoms with Crippen molar-refractivity contribution < 1.29 is 15.0 Å². The molecule has 0 saturated carbocycles. The van der Waals surface area contributed by atoms with E-state index in [1.807, 2.05) is 0 Å². The lowest BCUT2D eigenvalue weighted by atomic mass is 10.3. The molecule has 2 aromatic rings. The highest BCUT2D eigenvalue weighted by Crippen LogP contribution is 2.19. The van der Waals surface area contributed by atoms with E-state index >= 15 is 0 Å². The first-order valence-corrected chi connectivity index (χ1v) is 4.74. The molecule has 0 fully saturated rings. The molecule has 2 rings (SSSR count). The van der Waals surface area contributed by atoms with Gasteiger partial charge >= 0.3 is 5.97 Å². The highest BCUT2D eigenvalue weighted by molar-refractivity contribution is 6.30. The van der Waals surface area contributed by atoms with Crippen molar-refractivity contribution in [3.8, 4) is 11.4 Å². The van der Waals surface area contributed by atoms with Crippen LogP contribution in [0.1, 0.15) is 10.5 Å². The Balaban J connectivity index is 2.47. The van der Waals surface area contributed by atoms with E-state index in [0.29, 0.717) is 5.69 Å². The van der Waals surface area contributed by atoms with Gasteiger partial charge in [0.1, 0.15) is 10.9 Å². The van der Waals surface area contributed by atoms with Crippen molar-refractivity contribution in [2.75, 3.05) is 0 Å². The number of carboxylic acid groups (broad SMARTS) is 1. The van der Waals surface area contributed by atoms with Crippen molar-refractivity contribution in [2.24, 2.45) is 0 Å². The Bertz CT molecular complexity index is 533. The van der Waals surface area contributed by atoms with Crippen LogP contribution in [0.5, 0.6) is 5.75 Å². The number of aromatic hydroxyl groups is 1. The Morgan fingerprint density at radius 1 is 1.31 bits per heavy atom. The first-order valence-electron chi connectivity index (χ1n) is 4.36. The SMILES string of the molecule is O=C(O)c1cc(Cl)n(-c2ccc(O)cc2)n1. The second-order valence-corrected chi connectivity index (χ2v) is 3.47. The van der Waals surface area contributed by atoms with Crippen LogP contribution in [0.4, 0.5) is 0 Å². The predicted octanol–water partition coefficient (Wildman–Crippen LogP) is 1.93. The van der Waals surface area contributed by atoms with Crippen LogP contribution in [0, 0.1) is 0 Å². The highest BCUT2D eigenvalue weighted by atomic mass is 35.5. The lowest BCUT2D eigenvalue weighted by molar-refractivity contribution is 0.0690. The van der Waals surface area contributed by atoms with E-state index < -0.39 is 5.97 Å². The maximum Gasteiger partial charge on any atom is 0.356 e. The minimum Gasteiger partial charge on any atom is -0.508 e. The van der Waals surface area contributed by atoms with E-state index in [4.69, 9.17) is 21.8 Å². The molecular weight excluding hydrogens is 232 g/mol. The molecule has 0 unspecified atom stereocenters. The molecule has 0 amide bonds. The monoisotopic (exact) mass is 238 g/mol. The maximum atomic E-state index is 10.7. The number of carbonyl (C=O) groups is 1. The topological polar surface area (TPSA) is 75.3 Å². The average Bonchev–Trinajstić information content (AvgIpc) is 2.62. The zero-order chi connectivity index (χ0) is 11.7. The van der Waals surface area contributed by atoms with Gasteiger partial charge in [0.2, 0.25) is 0 Å². The molecule has 1 aromatic heterocycles. The Kier molecular flexibility index (Phi) is 2.54. The first kappa shape index (κ1) is 10.5. The van der Waals surface area contributed by atoms with E-state index in [2.05, 4.69) is 5.10 Å². The van der Waals surface area contributed by atoms with Gasteiger partial charge in [-0.1, -0.05) is 11.6 Å². The number of benzene rings is 1. The zero-order valence-corrected chi connectivity index (χ0v) is 8.72. The lowest BCUT2D eigenvalue weighted by Crippen LogP contribution is -2.01. The van der Waals surface area contributed by atoms with Crippen molar-refractivity contribution in [1.29, 1.82) is 0 Å². The molecule has 82 valence electrons. The summed E-state index contributed by atoms with van der Waals surface area (Å²) in [6.45, 7) is 0. The van der Waals surface area contributed by atoms with Gasteiger partial charge in [0.25, 0.3) is 0 Å². The smallest absolute Gasteiger partial charge is 0.356 e. The number of aromatic carboxylic acids is 1. The molecule has 0 aliphatic carbocycles. The van der Waals surface area contributed by atoms with Gasteiger partial charge in [0, 0.05) is 6.07 Å². The van der Waals surface area contributed by atoms with Gasteiger partial charge < -0.3 is 10.2 Å². The van der Waals surface area contributed by atoms with E-state index in [0.717, 1.165) is 0 Å². The molecule has 0 bridgehead atoms. The van der Waals surface area contributed by atoms with Crippen LogP contribution in [0.25, 0.3) is 5.69 Å². The number of hydrogen-bond donors (Lipinski definition) is 2. The van der Waals surface area contributed by atoms with Crippen LogP contribution in [-0.4, -0.2) is 26.0 Å². The molecule has 0 aliphatic heterocycles. The van der Waals surface area contributed by atoms with Crippen molar-refractivity contribution in [3.63, 3.8) is 0 Å². The summed E-state index contributed by atoms with van der Waals surface area (Å²) in [6.07, 6.45) is 0. The Morgan fingerprint density at radius 2 is 1.94 bits per heavy atom. The largest absolute Gasteiger partial charge is 0.508 e. The van der Waals surface area contributed by atoms with E-state index in [1.54, 1.807) is 12.1 Å². The van der Waals surface area contributed by atoms with Crippen LogP contribution in [-0.2, 0) is 0 Å². The number of phenols is 1. The molecule has 6 heteroatoms. The molecule has 16 heavy (non-hydrogen) atoms. The molecule has 0 atom stereocenters. The van der Waals surface area contributed by atoms with Crippen LogP contribution in [0.3, 0.4) is 0 Å². The molecule has 0 radical (unpaired) electrons. The van der Waals surface area contributed by atoms with Gasteiger partial charge in [-0.25, -0.2) is 9.48 Å². The van der Waals surface area contributed by atoms with Gasteiger partial charge in [0.05, 0.1) is 5.69 Å². The third-order valence-corrected chi connectivity index (χ3v) is 2.25. The molecule has 1 heterocycles. The van der Waals surface area contributed by atoms with E-state index in [9.17, 15) is 4.79 Å². The molecule has 0 spiro atoms. The number of aromatic nitrogens is 2. The van der Waals surface area contributed by atoms with Gasteiger partial charge in [-0.05, 0) is 24.3 Å². The molecule has 1 aromatic carbocycles. The highest BCUT2D eigenvalue weighted by Gasteiger charge is 2.12. The average molecular weight is 239 g/mol. The normalized spacial score (nSPS) is 10.3. The number of rotatable bonds is 2. The van der Waals surface area contributed by atoms with Crippen LogP contribution >= 0.6 is 11.6 Å². The van der Waals surface area contributed by atoms with Crippen molar-refractivity contribution >= 4 is 17.6 Å². The van der Waals surface area contributed by atoms with Gasteiger partial charge in [-0.3, -0.25) is 0 Å². The summed E-state index contributed by atoms with van der Waals surface area (Å²) in [5.74, 6) is -1.02. The van der Waals surface area contributed by atoms with Crippen molar-refractivity contribution in [2.45, 2.75) is 0 Å². The number of carboxylic acids is 1. The summed E-state index contributed by atoms with van der Waals surface area (Å²) in [5.41, 5.74) is 0.452. The standard InChI is InChI=1S/C10H7ClN2O3/c11-9-5-8(10(15)16)12-13(9)6-1-3-7(14)4-2-6/h1-5,14H,(H,15,16). The van der Waals surface area contributed by atoms with Crippen LogP contribution in [0.2, 0.25) is 5.15 Å². The summed E-state index contributed by atoms with van der Waals surface area (Å²) in [4.78, 5) is 10.7. The molecule has 5 nitrogen and oxygen atoms in total. The molecule has 2 N–H and O–H groups in total. The summed E-state index contributed by atoms with van der Waals surface area (Å²) in [7, 11) is 0. The lowest BCUT2D eigenvalue weighted by Gasteiger charge is -2.02. The molecule has 0 aliphatic rings. The summed E-state index contributed by atoms with van der Waals surface area (Å²) >= 11 is 5.84. The Labute approximate surface area is 95.5 Å². The Morgan fingerprint density at radius 3 is 2.44 bits per heavy atom. The quantitative estimate of drug-likeness (QED) is 0.838. The summed E-state index contributed by atoms with van der Waals surface area (Å²) in [6, 6.07) is 7.36. The zero-order valence-electron chi connectivity index (χ0n) is 7.96. The molecule has 0 saturated heterocycles. The van der Waals surface area contributed by atoms with E-state index in [-0.39, 0.29) is 16.6 Å². The minimum atomic E-state index is -1.14. The van der Waals surface area contributed by atoms with Gasteiger partial charge in [0.15, 0.2) is 5.69 Å². The fourth-order valence-corrected chi connectivity index (χ4v) is 1.48. The number of phenolic OH excluding ortho intramolecular Hbond substituents is 1. The molecular formula is C10H7ClN2O3. The maximum absolute atomic E-state index is 10.7. The first-order chi connectivity index (χ1) is 7.58. The minimum absolute atomic E-state index is 0.116. The number of halogens is 1. The predicted molar refractivity (Wildman–Crippen MR) is 57.2 cm³/mol. The third-order valence-electron chi connectivity index (χ3n) is 1.98. The third kappa shape index (κ3) is 1.85. The van der Waals surface area contributed by atoms with Crippen molar-refractivity contribution in [3.05, 3.63) is 41.2 Å². The Hall–Kier alpha value is -2.01. The van der Waals surface area contributed by atoms with Crippen LogP contribution in [0.15, 0.2) is 30.3 Å². The second-order valence-electron chi connectivity index (χ2n) is 3.09. The van der Waals surface area contributed by atoms with Gasteiger partial charge in [-0.15, -0.1) is 0 Å². The van der Waals surface area contributed by atoms with Crippen molar-refractivity contribution in [1.82, 2.24) is 9.78 Å². The number of hydrogen-bond acceptors (Lipinski definition) is 3. The summed E-state index contributed by atoms with van der Waals surface area (Å²) in [5, 5.41) is 21.9. The fourth-order valence-electron chi connectivity index (χ4n) is 1.24.